The maximum absolute atomic E-state index is 14.4. The van der Waals surface area contributed by atoms with E-state index in [9.17, 15) is 34.2 Å². The van der Waals surface area contributed by atoms with Crippen LogP contribution in [0.3, 0.4) is 0 Å². The highest BCUT2D eigenvalue weighted by molar-refractivity contribution is 6.09. The number of aliphatic carboxylic acids is 1. The van der Waals surface area contributed by atoms with Crippen LogP contribution in [0.5, 0.6) is 0 Å². The summed E-state index contributed by atoms with van der Waals surface area (Å²) in [7, 11) is 1.24. The predicted octanol–water partition coefficient (Wildman–Crippen LogP) is 2.60. The molecule has 12 atom stereocenters. The average molecular weight is 649 g/mol. The first-order valence-corrected chi connectivity index (χ1v) is 16.5. The second-order valence-corrected chi connectivity index (χ2v) is 15.7. The quantitative estimate of drug-likeness (QED) is 0.173. The largest absolute Gasteiger partial charge is 0.478 e. The molecular weight excluding hydrogens is 608 g/mol. The molecule has 7 aliphatic carbocycles. The molecule has 11 heteroatoms. The lowest BCUT2D eigenvalue weighted by Gasteiger charge is -2.63. The number of carboxylic acids is 1. The number of ether oxygens (including phenoxy) is 3. The monoisotopic (exact) mass is 648 g/mol. The molecule has 47 heavy (non-hydrogen) atoms. The minimum Gasteiger partial charge on any atom is -0.478 e. The number of aliphatic hydroxyl groups excluding tert-OH is 1. The molecule has 0 aromatic heterocycles. The lowest BCUT2D eigenvalue weighted by Crippen LogP contribution is -2.67. The third kappa shape index (κ3) is 3.37. The van der Waals surface area contributed by atoms with Crippen molar-refractivity contribution in [1.29, 1.82) is 0 Å². The van der Waals surface area contributed by atoms with E-state index < -0.39 is 69.6 Å². The molecule has 0 aromatic rings. The molecule has 11 nitrogen and oxygen atoms in total. The summed E-state index contributed by atoms with van der Waals surface area (Å²) in [5.41, 5.74) is -0.930. The van der Waals surface area contributed by atoms with Crippen LogP contribution in [0.1, 0.15) is 60.3 Å². The lowest BCUT2D eigenvalue weighted by atomic mass is 9.42. The summed E-state index contributed by atoms with van der Waals surface area (Å²) in [5, 5.41) is 33.3. The van der Waals surface area contributed by atoms with Crippen molar-refractivity contribution in [2.75, 3.05) is 13.7 Å². The molecule has 250 valence electrons. The van der Waals surface area contributed by atoms with Gasteiger partial charge in [0.05, 0.1) is 13.0 Å². The molecule has 0 amide bonds. The highest BCUT2D eigenvalue weighted by Crippen LogP contribution is 2.83. The Morgan fingerprint density at radius 3 is 2.38 bits per heavy atom. The summed E-state index contributed by atoms with van der Waals surface area (Å²) in [6.07, 6.45) is 1.75. The predicted molar refractivity (Wildman–Crippen MR) is 161 cm³/mol. The molecule has 0 radical (unpaired) electrons. The van der Waals surface area contributed by atoms with Crippen LogP contribution in [-0.2, 0) is 38.2 Å². The standard InChI is InChI=1S/C36H40O11/c1-13(7-24(37)38)30(41)46-12-35(44)21-10-20(21)33(4)22(35)11-18-14(2)32(43)47-36(18)23(33)9-17-16-8-19(16)34(5)26(17)27(36)25(28(39)29(34)40)15(3)31(42)45-6/h7,16,19-23,27,29,40,44H,8-12H2,1-6H3,(H,37,38)/b13-7+,25-15+/t16-,19-,20-,21+,22-,23+,27+,29+,33-,34+,35+,36+/m1/s1. The molecule has 8 aliphatic rings. The highest BCUT2D eigenvalue weighted by atomic mass is 16.6. The first-order valence-electron chi connectivity index (χ1n) is 16.5. The fraction of sp³-hybridized carbons (Fsp3) is 0.639. The minimum absolute atomic E-state index is 0.0128. The number of rotatable bonds is 5. The van der Waals surface area contributed by atoms with E-state index in [-0.39, 0.29) is 59.3 Å². The number of hydrogen-bond acceptors (Lipinski definition) is 10. The molecule has 5 saturated carbocycles. The van der Waals surface area contributed by atoms with E-state index in [2.05, 4.69) is 6.92 Å². The van der Waals surface area contributed by atoms with Crippen LogP contribution in [0.25, 0.3) is 0 Å². The van der Waals surface area contributed by atoms with Gasteiger partial charge in [-0.25, -0.2) is 19.2 Å². The van der Waals surface area contributed by atoms with E-state index in [1.807, 2.05) is 6.92 Å². The zero-order valence-electron chi connectivity index (χ0n) is 27.3. The van der Waals surface area contributed by atoms with Crippen LogP contribution in [0.2, 0.25) is 0 Å². The van der Waals surface area contributed by atoms with Crippen molar-refractivity contribution < 1.29 is 53.5 Å². The number of carbonyl (C=O) groups is 5. The Balaban J connectivity index is 1.31. The minimum atomic E-state index is -1.44. The Kier molecular flexibility index (Phi) is 5.96. The molecule has 8 rings (SSSR count). The van der Waals surface area contributed by atoms with E-state index in [1.54, 1.807) is 6.92 Å². The number of ketones is 1. The van der Waals surface area contributed by atoms with Gasteiger partial charge >= 0.3 is 23.9 Å². The zero-order valence-corrected chi connectivity index (χ0v) is 27.3. The Bertz CT molecular complexity index is 1760. The van der Waals surface area contributed by atoms with Crippen molar-refractivity contribution in [3.63, 3.8) is 0 Å². The number of carboxylic acid groups (broad SMARTS) is 1. The van der Waals surface area contributed by atoms with Crippen LogP contribution in [0, 0.1) is 52.3 Å². The van der Waals surface area contributed by atoms with Gasteiger partial charge in [0.25, 0.3) is 0 Å². The smallest absolute Gasteiger partial charge is 0.334 e. The van der Waals surface area contributed by atoms with Crippen molar-refractivity contribution in [1.82, 2.24) is 0 Å². The Labute approximate surface area is 271 Å². The van der Waals surface area contributed by atoms with Crippen LogP contribution in [0.15, 0.2) is 45.1 Å². The van der Waals surface area contributed by atoms with Gasteiger partial charge in [-0.15, -0.1) is 0 Å². The molecular formula is C36H40O11. The second-order valence-electron chi connectivity index (χ2n) is 15.7. The summed E-state index contributed by atoms with van der Waals surface area (Å²) < 4.78 is 17.3. The van der Waals surface area contributed by atoms with Crippen LogP contribution in [0.4, 0.5) is 0 Å². The van der Waals surface area contributed by atoms with Crippen molar-refractivity contribution >= 4 is 29.7 Å². The molecule has 0 unspecified atom stereocenters. The normalized spacial score (nSPS) is 47.6. The fourth-order valence-corrected chi connectivity index (χ4v) is 12.0. The number of methoxy groups -OCH3 is 1. The third-order valence-electron chi connectivity index (χ3n) is 14.2. The lowest BCUT2D eigenvalue weighted by molar-refractivity contribution is -0.191. The Morgan fingerprint density at radius 1 is 1.02 bits per heavy atom. The van der Waals surface area contributed by atoms with Gasteiger partial charge in [0.1, 0.15) is 23.9 Å². The van der Waals surface area contributed by atoms with Crippen molar-refractivity contribution in [3.8, 4) is 0 Å². The molecule has 1 spiro atoms. The van der Waals surface area contributed by atoms with Gasteiger partial charge in [-0.05, 0) is 86.7 Å². The average Bonchev–Trinajstić information content (AvgIpc) is 3.94. The molecule has 1 aliphatic heterocycles. The van der Waals surface area contributed by atoms with Gasteiger partial charge in [-0.1, -0.05) is 19.4 Å². The van der Waals surface area contributed by atoms with E-state index in [4.69, 9.17) is 19.3 Å². The van der Waals surface area contributed by atoms with Crippen LogP contribution >= 0.6 is 0 Å². The number of hydrogen-bond donors (Lipinski definition) is 3. The van der Waals surface area contributed by atoms with Gasteiger partial charge in [0.15, 0.2) is 5.78 Å². The third-order valence-corrected chi connectivity index (χ3v) is 14.2. The molecule has 0 saturated heterocycles. The maximum Gasteiger partial charge on any atom is 0.334 e. The summed E-state index contributed by atoms with van der Waals surface area (Å²) in [4.78, 5) is 65.1. The molecule has 5 fully saturated rings. The first-order chi connectivity index (χ1) is 22.0. The Hall–Kier alpha value is -3.57. The van der Waals surface area contributed by atoms with Crippen molar-refractivity contribution in [2.24, 2.45) is 52.3 Å². The highest BCUT2D eigenvalue weighted by Gasteiger charge is 2.84. The number of esters is 3. The number of allylic oxidation sites excluding steroid dienone is 1. The SMILES string of the molecule is COC(=O)/C(C)=C1/C(=O)[C@H](O)[C@]2(C)C3=C(C[C@@H]4[C@]5(OC(=O)C(C)=C5C[C@H]5[C@](O)(COC(=O)/C(C)=C/C(=O)O)[C@H]6C[C@H]6[C@@]45C)[C@H]31)[C@H]1C[C@H]12. The van der Waals surface area contributed by atoms with Crippen molar-refractivity contribution in [2.45, 2.75) is 77.6 Å². The number of Topliss-reactive ketones (excluding diaryl/α,β-unsaturated/α-hetero) is 1. The summed E-state index contributed by atoms with van der Waals surface area (Å²) in [6, 6.07) is 0. The zero-order chi connectivity index (χ0) is 33.9. The number of aliphatic hydroxyl groups is 2. The van der Waals surface area contributed by atoms with E-state index in [0.29, 0.717) is 24.0 Å². The Morgan fingerprint density at radius 2 is 1.72 bits per heavy atom. The van der Waals surface area contributed by atoms with Crippen LogP contribution in [-0.4, -0.2) is 76.0 Å². The van der Waals surface area contributed by atoms with Gasteiger partial charge in [-0.3, -0.25) is 4.79 Å². The molecule has 1 heterocycles. The van der Waals surface area contributed by atoms with Crippen molar-refractivity contribution in [3.05, 3.63) is 45.1 Å². The van der Waals surface area contributed by atoms with Gasteiger partial charge < -0.3 is 29.5 Å². The van der Waals surface area contributed by atoms with E-state index in [1.165, 1.54) is 21.0 Å². The number of fused-ring (bicyclic) bond motifs is 7. The summed E-state index contributed by atoms with van der Waals surface area (Å²) in [6.45, 7) is 8.33. The summed E-state index contributed by atoms with van der Waals surface area (Å²) in [5.74, 6) is -5.36. The maximum atomic E-state index is 14.4. The van der Waals surface area contributed by atoms with Gasteiger partial charge in [0, 0.05) is 45.6 Å². The topological polar surface area (TPSA) is 174 Å². The first kappa shape index (κ1) is 30.7. The number of carbonyl (C=O) groups excluding carboxylic acids is 4. The summed E-state index contributed by atoms with van der Waals surface area (Å²) >= 11 is 0. The van der Waals surface area contributed by atoms with E-state index in [0.717, 1.165) is 23.6 Å². The molecule has 0 aromatic carbocycles. The van der Waals surface area contributed by atoms with Gasteiger partial charge in [-0.2, -0.15) is 0 Å². The fourth-order valence-electron chi connectivity index (χ4n) is 12.0. The van der Waals surface area contributed by atoms with E-state index >= 15 is 0 Å². The van der Waals surface area contributed by atoms with Gasteiger partial charge in [0.2, 0.25) is 0 Å². The molecule has 0 bridgehead atoms. The van der Waals surface area contributed by atoms with Crippen LogP contribution < -0.4 is 0 Å². The second kappa shape index (κ2) is 9.11. The molecule has 3 N–H and O–H groups in total.